The molecule has 0 aromatic heterocycles. The SMILES string of the molecule is O=C(N=NC(=O)N1CCCC1)N1CCCC1. The Balaban J connectivity index is 1.82. The molecule has 0 spiro atoms. The summed E-state index contributed by atoms with van der Waals surface area (Å²) in [7, 11) is 0. The summed E-state index contributed by atoms with van der Waals surface area (Å²) in [4.78, 5) is 26.2. The van der Waals surface area contributed by atoms with Crippen molar-refractivity contribution in [2.45, 2.75) is 25.7 Å². The van der Waals surface area contributed by atoms with Crippen molar-refractivity contribution in [3.63, 3.8) is 0 Å². The van der Waals surface area contributed by atoms with E-state index in [1.54, 1.807) is 9.80 Å². The largest absolute Gasteiger partial charge is 0.362 e. The van der Waals surface area contributed by atoms with Crippen molar-refractivity contribution in [3.05, 3.63) is 0 Å². The molecule has 0 aromatic carbocycles. The van der Waals surface area contributed by atoms with Gasteiger partial charge in [0.1, 0.15) is 0 Å². The van der Waals surface area contributed by atoms with Crippen molar-refractivity contribution in [2.24, 2.45) is 10.2 Å². The van der Waals surface area contributed by atoms with Gasteiger partial charge in [0.25, 0.3) is 0 Å². The summed E-state index contributed by atoms with van der Waals surface area (Å²) in [5.41, 5.74) is 0. The Morgan fingerprint density at radius 2 is 1.00 bits per heavy atom. The summed E-state index contributed by atoms with van der Waals surface area (Å²) in [5, 5.41) is 6.94. The van der Waals surface area contributed by atoms with Gasteiger partial charge in [-0.15, -0.1) is 0 Å². The number of nitrogens with zero attached hydrogens (tertiary/aromatic N) is 4. The van der Waals surface area contributed by atoms with Crippen LogP contribution in [0.1, 0.15) is 25.7 Å². The molecule has 2 fully saturated rings. The standard InChI is InChI=1S/C10H16N4O2/c15-9(13-5-1-2-6-13)11-12-10(16)14-7-3-4-8-14/h1-8H2. The molecule has 0 unspecified atom stereocenters. The van der Waals surface area contributed by atoms with Crippen LogP contribution in [-0.4, -0.2) is 48.0 Å². The number of urea groups is 2. The molecule has 6 nitrogen and oxygen atoms in total. The van der Waals surface area contributed by atoms with E-state index in [-0.39, 0.29) is 12.1 Å². The minimum absolute atomic E-state index is 0.384. The highest BCUT2D eigenvalue weighted by molar-refractivity contribution is 5.80. The van der Waals surface area contributed by atoms with Crippen LogP contribution in [0, 0.1) is 0 Å². The Kier molecular flexibility index (Phi) is 3.48. The Morgan fingerprint density at radius 1 is 0.688 bits per heavy atom. The van der Waals surface area contributed by atoms with Crippen molar-refractivity contribution in [3.8, 4) is 0 Å². The van der Waals surface area contributed by atoms with Crippen molar-refractivity contribution in [1.82, 2.24) is 9.80 Å². The molecule has 2 aliphatic heterocycles. The molecule has 0 bridgehead atoms. The molecule has 0 saturated carbocycles. The van der Waals surface area contributed by atoms with Gasteiger partial charge in [0, 0.05) is 26.2 Å². The maximum absolute atomic E-state index is 11.5. The quantitative estimate of drug-likeness (QED) is 0.589. The van der Waals surface area contributed by atoms with E-state index in [1.807, 2.05) is 0 Å². The molecule has 0 N–H and O–H groups in total. The van der Waals surface area contributed by atoms with Crippen LogP contribution in [0.25, 0.3) is 0 Å². The third kappa shape index (κ3) is 2.56. The van der Waals surface area contributed by atoms with Gasteiger partial charge in [-0.1, -0.05) is 10.2 Å². The van der Waals surface area contributed by atoms with Gasteiger partial charge in [-0.3, -0.25) is 0 Å². The number of hydrogen-bond acceptors (Lipinski definition) is 2. The summed E-state index contributed by atoms with van der Waals surface area (Å²) in [6, 6.07) is -0.768. The summed E-state index contributed by atoms with van der Waals surface area (Å²) in [6.45, 7) is 2.93. The summed E-state index contributed by atoms with van der Waals surface area (Å²) >= 11 is 0. The van der Waals surface area contributed by atoms with E-state index < -0.39 is 0 Å². The van der Waals surface area contributed by atoms with Crippen LogP contribution in [0.2, 0.25) is 0 Å². The first-order valence-corrected chi connectivity index (χ1v) is 5.77. The lowest BCUT2D eigenvalue weighted by Crippen LogP contribution is -2.26. The zero-order valence-corrected chi connectivity index (χ0v) is 9.26. The van der Waals surface area contributed by atoms with Gasteiger partial charge in [-0.25, -0.2) is 9.59 Å². The molecule has 0 radical (unpaired) electrons. The first kappa shape index (κ1) is 11.0. The fraction of sp³-hybridized carbons (Fsp3) is 0.800. The molecule has 2 heterocycles. The summed E-state index contributed by atoms with van der Waals surface area (Å²) < 4.78 is 0. The minimum Gasteiger partial charge on any atom is -0.322 e. The van der Waals surface area contributed by atoms with Crippen molar-refractivity contribution in [1.29, 1.82) is 0 Å². The van der Waals surface area contributed by atoms with Crippen LogP contribution >= 0.6 is 0 Å². The second kappa shape index (κ2) is 5.05. The van der Waals surface area contributed by atoms with E-state index >= 15 is 0 Å². The fourth-order valence-electron chi connectivity index (χ4n) is 2.03. The van der Waals surface area contributed by atoms with Gasteiger partial charge in [0.15, 0.2) is 0 Å². The molecule has 88 valence electrons. The van der Waals surface area contributed by atoms with Crippen LogP contribution in [0.3, 0.4) is 0 Å². The molecular weight excluding hydrogens is 208 g/mol. The number of carbonyl (C=O) groups excluding carboxylic acids is 2. The van der Waals surface area contributed by atoms with Gasteiger partial charge >= 0.3 is 12.1 Å². The second-order valence-corrected chi connectivity index (χ2v) is 4.15. The van der Waals surface area contributed by atoms with Crippen LogP contribution in [0.15, 0.2) is 10.2 Å². The topological polar surface area (TPSA) is 65.3 Å². The van der Waals surface area contributed by atoms with Crippen molar-refractivity contribution < 1.29 is 9.59 Å². The van der Waals surface area contributed by atoms with Gasteiger partial charge in [-0.2, -0.15) is 0 Å². The Morgan fingerprint density at radius 3 is 1.31 bits per heavy atom. The smallest absolute Gasteiger partial charge is 0.322 e. The number of azo groups is 1. The highest BCUT2D eigenvalue weighted by atomic mass is 16.2. The molecule has 4 amide bonds. The van der Waals surface area contributed by atoms with Crippen LogP contribution in [0.4, 0.5) is 9.59 Å². The fourth-order valence-corrected chi connectivity index (χ4v) is 2.03. The maximum Gasteiger partial charge on any atom is 0.362 e. The second-order valence-electron chi connectivity index (χ2n) is 4.15. The monoisotopic (exact) mass is 224 g/mol. The first-order valence-electron chi connectivity index (χ1n) is 5.77. The Bertz CT molecular complexity index is 274. The van der Waals surface area contributed by atoms with Crippen LogP contribution < -0.4 is 0 Å². The molecule has 2 rings (SSSR count). The van der Waals surface area contributed by atoms with E-state index in [1.165, 1.54) is 0 Å². The predicted octanol–water partition coefficient (Wildman–Crippen LogP) is 1.87. The summed E-state index contributed by atoms with van der Waals surface area (Å²) in [5.74, 6) is 0. The van der Waals surface area contributed by atoms with E-state index in [2.05, 4.69) is 10.2 Å². The highest BCUT2D eigenvalue weighted by Gasteiger charge is 2.20. The van der Waals surface area contributed by atoms with Crippen molar-refractivity contribution in [2.75, 3.05) is 26.2 Å². The molecule has 6 heteroatoms. The Labute approximate surface area is 94.3 Å². The number of amides is 4. The van der Waals surface area contributed by atoms with Crippen molar-refractivity contribution >= 4 is 12.1 Å². The average Bonchev–Trinajstić information content (AvgIpc) is 2.95. The van der Waals surface area contributed by atoms with E-state index in [0.29, 0.717) is 0 Å². The van der Waals surface area contributed by atoms with Gasteiger partial charge < -0.3 is 9.80 Å². The zero-order chi connectivity index (χ0) is 11.4. The lowest BCUT2D eigenvalue weighted by Gasteiger charge is -2.11. The number of carbonyl (C=O) groups is 2. The maximum atomic E-state index is 11.5. The molecular formula is C10H16N4O2. The lowest BCUT2D eigenvalue weighted by atomic mass is 10.4. The molecule has 2 saturated heterocycles. The predicted molar refractivity (Wildman–Crippen MR) is 57.3 cm³/mol. The number of likely N-dealkylation sites (tertiary alicyclic amines) is 2. The van der Waals surface area contributed by atoms with E-state index in [0.717, 1.165) is 51.9 Å². The minimum atomic E-state index is -0.384. The van der Waals surface area contributed by atoms with Gasteiger partial charge in [0.05, 0.1) is 0 Å². The van der Waals surface area contributed by atoms with Crippen LogP contribution in [-0.2, 0) is 0 Å². The molecule has 2 aliphatic rings. The zero-order valence-electron chi connectivity index (χ0n) is 9.26. The Hall–Kier alpha value is -1.46. The molecule has 16 heavy (non-hydrogen) atoms. The van der Waals surface area contributed by atoms with Crippen LogP contribution in [0.5, 0.6) is 0 Å². The summed E-state index contributed by atoms with van der Waals surface area (Å²) in [6.07, 6.45) is 4.06. The highest BCUT2D eigenvalue weighted by Crippen LogP contribution is 2.11. The third-order valence-electron chi connectivity index (χ3n) is 2.97. The molecule has 0 aromatic rings. The lowest BCUT2D eigenvalue weighted by molar-refractivity contribution is 0.209. The number of hydrogen-bond donors (Lipinski definition) is 0. The average molecular weight is 224 g/mol. The third-order valence-corrected chi connectivity index (χ3v) is 2.97. The van der Waals surface area contributed by atoms with E-state index in [9.17, 15) is 9.59 Å². The van der Waals surface area contributed by atoms with Gasteiger partial charge in [0.2, 0.25) is 0 Å². The molecule has 0 aliphatic carbocycles. The normalized spacial score (nSPS) is 21.0. The molecule has 0 atom stereocenters. The van der Waals surface area contributed by atoms with E-state index in [4.69, 9.17) is 0 Å². The first-order chi connectivity index (χ1) is 7.77. The van der Waals surface area contributed by atoms with Gasteiger partial charge in [-0.05, 0) is 25.7 Å². The number of rotatable bonds is 0.